The van der Waals surface area contributed by atoms with Crippen LogP contribution in [0.5, 0.6) is 0 Å². The van der Waals surface area contributed by atoms with Crippen LogP contribution in [0.25, 0.3) is 0 Å². The lowest BCUT2D eigenvalue weighted by atomic mass is 9.77. The van der Waals surface area contributed by atoms with Crippen LogP contribution in [-0.4, -0.2) is 41.8 Å². The molecule has 0 unspecified atom stereocenters. The van der Waals surface area contributed by atoms with E-state index < -0.39 is 17.4 Å². The summed E-state index contributed by atoms with van der Waals surface area (Å²) in [6.07, 6.45) is 4.43. The summed E-state index contributed by atoms with van der Waals surface area (Å²) in [4.78, 5) is 27.3. The van der Waals surface area contributed by atoms with E-state index >= 15 is 0 Å². The minimum Gasteiger partial charge on any atom is -0.360 e. The first-order chi connectivity index (χ1) is 11.9. The number of hydrogen-bond acceptors (Lipinski definition) is 5. The van der Waals surface area contributed by atoms with E-state index in [9.17, 15) is 9.59 Å². The second-order valence-electron chi connectivity index (χ2n) is 7.59. The van der Waals surface area contributed by atoms with Crippen LogP contribution in [-0.2, 0) is 14.3 Å². The van der Waals surface area contributed by atoms with E-state index in [1.54, 1.807) is 17.9 Å². The normalized spacial score (nSPS) is 32.7. The Morgan fingerprint density at radius 2 is 2.32 bits per heavy atom. The maximum atomic E-state index is 13.0. The monoisotopic (exact) mass is 345 g/mol. The first-order valence-corrected chi connectivity index (χ1v) is 8.81. The molecule has 1 N–H and O–H groups in total. The van der Waals surface area contributed by atoms with Crippen molar-refractivity contribution in [2.45, 2.75) is 38.9 Å². The number of carbonyl (C=O) groups excluding carboxylic acids is 2. The quantitative estimate of drug-likeness (QED) is 0.816. The van der Waals surface area contributed by atoms with E-state index in [0.717, 1.165) is 6.42 Å². The molecule has 4 rings (SSSR count). The number of fused-ring (bicyclic) bond motifs is 1. The van der Waals surface area contributed by atoms with Crippen molar-refractivity contribution in [2.24, 2.45) is 17.8 Å². The number of nitrogens with zero attached hydrogens (tertiary/aromatic N) is 2. The molecular formula is C18H23N3O4. The average Bonchev–Trinajstić information content (AvgIpc) is 3.28. The van der Waals surface area contributed by atoms with Gasteiger partial charge in [-0.3, -0.25) is 14.5 Å². The zero-order chi connectivity index (χ0) is 17.8. The molecule has 0 aliphatic carbocycles. The molecule has 1 spiro atoms. The molecule has 1 aromatic heterocycles. The molecular weight excluding hydrogens is 322 g/mol. The van der Waals surface area contributed by atoms with Crippen LogP contribution in [0, 0.1) is 24.7 Å². The minimum absolute atomic E-state index is 0.103. The Labute approximate surface area is 146 Å². The van der Waals surface area contributed by atoms with Gasteiger partial charge in [-0.15, -0.1) is 0 Å². The summed E-state index contributed by atoms with van der Waals surface area (Å²) >= 11 is 0. The average molecular weight is 345 g/mol. The third-order valence-corrected chi connectivity index (χ3v) is 5.32. The van der Waals surface area contributed by atoms with Gasteiger partial charge in [0, 0.05) is 12.6 Å². The number of nitrogens with one attached hydrogen (secondary N) is 1. The Bertz CT molecular complexity index is 740. The molecule has 25 heavy (non-hydrogen) atoms. The van der Waals surface area contributed by atoms with Gasteiger partial charge in [0.25, 0.3) is 0 Å². The zero-order valence-corrected chi connectivity index (χ0v) is 14.7. The summed E-state index contributed by atoms with van der Waals surface area (Å²) in [5.74, 6) is 0.424. The summed E-state index contributed by atoms with van der Waals surface area (Å²) in [5, 5.41) is 6.91. The number of rotatable bonds is 5. The predicted molar refractivity (Wildman–Crippen MR) is 89.8 cm³/mol. The molecule has 2 amide bonds. The largest absolute Gasteiger partial charge is 0.360 e. The fraction of sp³-hybridized carbons (Fsp3) is 0.611. The summed E-state index contributed by atoms with van der Waals surface area (Å²) in [7, 11) is 0. The van der Waals surface area contributed by atoms with Gasteiger partial charge in [-0.25, -0.2) is 0 Å². The highest BCUT2D eigenvalue weighted by Crippen LogP contribution is 2.52. The fourth-order valence-electron chi connectivity index (χ4n) is 4.07. The third-order valence-electron chi connectivity index (χ3n) is 5.32. The highest BCUT2D eigenvalue weighted by atomic mass is 16.5. The van der Waals surface area contributed by atoms with Crippen molar-refractivity contribution in [1.29, 1.82) is 0 Å². The Hall–Kier alpha value is -2.15. The molecule has 2 saturated heterocycles. The van der Waals surface area contributed by atoms with Crippen molar-refractivity contribution in [3.8, 4) is 0 Å². The summed E-state index contributed by atoms with van der Waals surface area (Å²) in [6, 6.07) is 1.73. The van der Waals surface area contributed by atoms with E-state index in [1.807, 2.05) is 12.2 Å². The lowest BCUT2D eigenvalue weighted by Crippen LogP contribution is -2.44. The number of aromatic nitrogens is 1. The zero-order valence-electron chi connectivity index (χ0n) is 14.7. The molecule has 1 aromatic rings. The third kappa shape index (κ3) is 2.49. The van der Waals surface area contributed by atoms with Gasteiger partial charge in [0.2, 0.25) is 11.8 Å². The highest BCUT2D eigenvalue weighted by Gasteiger charge is 2.67. The smallest absolute Gasteiger partial charge is 0.235 e. The van der Waals surface area contributed by atoms with Gasteiger partial charge >= 0.3 is 0 Å². The van der Waals surface area contributed by atoms with Gasteiger partial charge in [0.15, 0.2) is 5.82 Å². The molecule has 0 saturated carbocycles. The van der Waals surface area contributed by atoms with Gasteiger partial charge in [-0.2, -0.15) is 0 Å². The Balaban J connectivity index is 1.55. The number of anilines is 1. The van der Waals surface area contributed by atoms with E-state index in [1.165, 1.54) is 0 Å². The molecule has 0 radical (unpaired) electrons. The first kappa shape index (κ1) is 16.3. The maximum Gasteiger partial charge on any atom is 0.235 e. The summed E-state index contributed by atoms with van der Waals surface area (Å²) < 4.78 is 11.2. The molecule has 4 heterocycles. The molecule has 2 fully saturated rings. The van der Waals surface area contributed by atoms with Crippen molar-refractivity contribution < 1.29 is 18.8 Å². The molecule has 4 atom stereocenters. The number of amides is 2. The van der Waals surface area contributed by atoms with Crippen LogP contribution >= 0.6 is 0 Å². The van der Waals surface area contributed by atoms with Gasteiger partial charge in [0.05, 0.1) is 24.5 Å². The molecule has 2 bridgehead atoms. The summed E-state index contributed by atoms with van der Waals surface area (Å²) in [5.41, 5.74) is -0.728. The van der Waals surface area contributed by atoms with Crippen LogP contribution in [0.15, 0.2) is 22.7 Å². The van der Waals surface area contributed by atoms with Crippen molar-refractivity contribution in [3.63, 3.8) is 0 Å². The Morgan fingerprint density at radius 1 is 1.52 bits per heavy atom. The Morgan fingerprint density at radius 3 is 3.00 bits per heavy atom. The van der Waals surface area contributed by atoms with Crippen molar-refractivity contribution in [1.82, 2.24) is 10.5 Å². The lowest BCUT2D eigenvalue weighted by molar-refractivity contribution is -0.131. The SMILES string of the molecule is Cc1cc(N2C[C@@]34C=C[C@@H](O3)[C@@H](C(=O)NCCC(C)C)[C@H]4C2=O)no1. The van der Waals surface area contributed by atoms with Gasteiger partial charge < -0.3 is 14.6 Å². The van der Waals surface area contributed by atoms with Crippen molar-refractivity contribution >= 4 is 17.6 Å². The molecule has 134 valence electrons. The van der Waals surface area contributed by atoms with Crippen molar-refractivity contribution in [2.75, 3.05) is 18.0 Å². The standard InChI is InChI=1S/C18H23N3O4/c1-10(2)5-7-19-16(22)14-12-4-6-18(24-12)9-21(17(23)15(14)18)13-8-11(3)25-20-13/h4,6,8,10,12,14-15H,5,7,9H2,1-3H3,(H,19,22)/t12-,14-,15+,18-/m1/s1. The van der Waals surface area contributed by atoms with E-state index in [2.05, 4.69) is 24.3 Å². The topological polar surface area (TPSA) is 84.7 Å². The lowest BCUT2D eigenvalue weighted by Gasteiger charge is -2.23. The molecule has 3 aliphatic rings. The Kier molecular flexibility index (Phi) is 3.72. The minimum atomic E-state index is -0.728. The second kappa shape index (κ2) is 5.69. The van der Waals surface area contributed by atoms with Crippen LogP contribution in [0.1, 0.15) is 26.0 Å². The molecule has 0 aromatic carbocycles. The van der Waals surface area contributed by atoms with E-state index in [-0.39, 0.29) is 17.9 Å². The summed E-state index contributed by atoms with van der Waals surface area (Å²) in [6.45, 7) is 6.99. The second-order valence-corrected chi connectivity index (χ2v) is 7.59. The van der Waals surface area contributed by atoms with Crippen LogP contribution in [0.2, 0.25) is 0 Å². The van der Waals surface area contributed by atoms with Gasteiger partial charge in [-0.05, 0) is 19.3 Å². The van der Waals surface area contributed by atoms with E-state index in [0.29, 0.717) is 30.6 Å². The first-order valence-electron chi connectivity index (χ1n) is 8.81. The van der Waals surface area contributed by atoms with Crippen LogP contribution in [0.4, 0.5) is 5.82 Å². The van der Waals surface area contributed by atoms with Crippen LogP contribution in [0.3, 0.4) is 0 Å². The number of carbonyl (C=O) groups is 2. The number of hydrogen-bond donors (Lipinski definition) is 1. The van der Waals surface area contributed by atoms with Gasteiger partial charge in [0.1, 0.15) is 11.4 Å². The highest BCUT2D eigenvalue weighted by molar-refractivity contribution is 6.02. The number of aryl methyl sites for hydroxylation is 1. The predicted octanol–water partition coefficient (Wildman–Crippen LogP) is 1.43. The maximum absolute atomic E-state index is 13.0. The van der Waals surface area contributed by atoms with Crippen LogP contribution < -0.4 is 10.2 Å². The fourth-order valence-corrected chi connectivity index (χ4v) is 4.07. The number of ether oxygens (including phenoxy) is 1. The molecule has 3 aliphatic heterocycles. The van der Waals surface area contributed by atoms with E-state index in [4.69, 9.17) is 9.26 Å². The molecule has 7 heteroatoms. The molecule has 7 nitrogen and oxygen atoms in total. The van der Waals surface area contributed by atoms with Crippen molar-refractivity contribution in [3.05, 3.63) is 24.0 Å². The van der Waals surface area contributed by atoms with Gasteiger partial charge in [-0.1, -0.05) is 31.2 Å².